The lowest BCUT2D eigenvalue weighted by Crippen LogP contribution is -2.03. The molecule has 4 heteroatoms. The second kappa shape index (κ2) is 4.43. The van der Waals surface area contributed by atoms with Crippen LogP contribution in [0, 0.1) is 5.82 Å². The molecule has 0 spiro atoms. The Balaban J connectivity index is 2.36. The van der Waals surface area contributed by atoms with Gasteiger partial charge in [-0.25, -0.2) is 4.39 Å². The molecular weight excluding hydrogens is 221 g/mol. The summed E-state index contributed by atoms with van der Waals surface area (Å²) >= 11 is 0. The van der Waals surface area contributed by atoms with Gasteiger partial charge in [-0.3, -0.25) is 0 Å². The highest BCUT2D eigenvalue weighted by molar-refractivity contribution is 5.54. The Hall–Kier alpha value is -2.07. The van der Waals surface area contributed by atoms with Crippen LogP contribution in [0.5, 0.6) is 5.75 Å². The van der Waals surface area contributed by atoms with Crippen LogP contribution in [-0.4, -0.2) is 10.2 Å². The third-order valence-electron chi connectivity index (χ3n) is 2.55. The molecule has 0 aromatic heterocycles. The number of anilines is 1. The highest BCUT2D eigenvalue weighted by atomic mass is 19.1. The van der Waals surface area contributed by atoms with E-state index in [0.29, 0.717) is 16.8 Å². The molecule has 1 atom stereocenters. The van der Waals surface area contributed by atoms with Crippen LogP contribution in [0.2, 0.25) is 0 Å². The normalized spacial score (nSPS) is 12.4. The van der Waals surface area contributed by atoms with Crippen LogP contribution in [0.4, 0.5) is 10.1 Å². The number of hydrogen-bond acceptors (Lipinski definition) is 3. The van der Waals surface area contributed by atoms with Gasteiger partial charge in [0, 0.05) is 17.3 Å². The first-order valence-electron chi connectivity index (χ1n) is 5.10. The highest BCUT2D eigenvalue weighted by Gasteiger charge is 2.13. The van der Waals surface area contributed by atoms with Crippen molar-refractivity contribution in [2.75, 3.05) is 5.73 Å². The predicted molar refractivity (Wildman–Crippen MR) is 63.0 cm³/mol. The van der Waals surface area contributed by atoms with Crippen LogP contribution < -0.4 is 5.73 Å². The summed E-state index contributed by atoms with van der Waals surface area (Å²) in [5, 5.41) is 19.3. The fourth-order valence-corrected chi connectivity index (χ4v) is 1.64. The van der Waals surface area contributed by atoms with Gasteiger partial charge in [-0.2, -0.15) is 0 Å². The van der Waals surface area contributed by atoms with Crippen molar-refractivity contribution in [2.24, 2.45) is 0 Å². The van der Waals surface area contributed by atoms with Gasteiger partial charge < -0.3 is 15.9 Å². The number of nitrogen functional groups attached to an aromatic ring is 1. The number of hydrogen-bond donors (Lipinski definition) is 3. The zero-order valence-corrected chi connectivity index (χ0v) is 8.97. The maximum atomic E-state index is 12.7. The van der Waals surface area contributed by atoms with Crippen molar-refractivity contribution in [2.45, 2.75) is 6.10 Å². The van der Waals surface area contributed by atoms with E-state index in [4.69, 9.17) is 5.73 Å². The van der Waals surface area contributed by atoms with Crippen molar-refractivity contribution in [1.82, 2.24) is 0 Å². The Morgan fingerprint density at radius 2 is 1.71 bits per heavy atom. The lowest BCUT2D eigenvalue weighted by atomic mass is 10.00. The van der Waals surface area contributed by atoms with Crippen LogP contribution in [0.1, 0.15) is 17.2 Å². The molecule has 2 aromatic carbocycles. The third-order valence-corrected chi connectivity index (χ3v) is 2.55. The van der Waals surface area contributed by atoms with E-state index in [1.54, 1.807) is 6.07 Å². The van der Waals surface area contributed by atoms with Crippen LogP contribution in [-0.2, 0) is 0 Å². The molecule has 0 heterocycles. The van der Waals surface area contributed by atoms with Crippen LogP contribution >= 0.6 is 0 Å². The minimum absolute atomic E-state index is 0.0394. The number of benzene rings is 2. The number of phenolic OH excluding ortho intramolecular Hbond substituents is 1. The molecule has 1 unspecified atom stereocenters. The average Bonchev–Trinajstić information content (AvgIpc) is 2.29. The highest BCUT2D eigenvalue weighted by Crippen LogP contribution is 2.29. The molecule has 0 aliphatic heterocycles. The van der Waals surface area contributed by atoms with Gasteiger partial charge in [0.15, 0.2) is 0 Å². The summed E-state index contributed by atoms with van der Waals surface area (Å²) in [6.07, 6.45) is -0.934. The van der Waals surface area contributed by atoms with Crippen molar-refractivity contribution in [3.63, 3.8) is 0 Å². The Bertz CT molecular complexity index is 525. The molecule has 3 nitrogen and oxygen atoms in total. The van der Waals surface area contributed by atoms with Gasteiger partial charge in [-0.15, -0.1) is 0 Å². The number of rotatable bonds is 2. The van der Waals surface area contributed by atoms with E-state index in [1.807, 2.05) is 0 Å². The van der Waals surface area contributed by atoms with Crippen LogP contribution in [0.15, 0.2) is 42.5 Å². The first-order chi connectivity index (χ1) is 8.08. The van der Waals surface area contributed by atoms with Gasteiger partial charge in [-0.1, -0.05) is 18.2 Å². The van der Waals surface area contributed by atoms with E-state index in [9.17, 15) is 14.6 Å². The summed E-state index contributed by atoms with van der Waals surface area (Å²) in [6, 6.07) is 9.88. The van der Waals surface area contributed by atoms with Crippen molar-refractivity contribution in [3.8, 4) is 5.75 Å². The molecule has 17 heavy (non-hydrogen) atoms. The molecule has 0 saturated carbocycles. The summed E-state index contributed by atoms with van der Waals surface area (Å²) in [7, 11) is 0. The first-order valence-corrected chi connectivity index (χ1v) is 5.10. The van der Waals surface area contributed by atoms with Crippen molar-refractivity contribution in [1.29, 1.82) is 0 Å². The Kier molecular flexibility index (Phi) is 2.97. The molecule has 2 rings (SSSR count). The van der Waals surface area contributed by atoms with Crippen LogP contribution in [0.25, 0.3) is 0 Å². The minimum Gasteiger partial charge on any atom is -0.508 e. The van der Waals surface area contributed by atoms with Gasteiger partial charge >= 0.3 is 0 Å². The van der Waals surface area contributed by atoms with E-state index in [2.05, 4.69) is 0 Å². The zero-order valence-electron chi connectivity index (χ0n) is 8.97. The summed E-state index contributed by atoms with van der Waals surface area (Å²) in [6.45, 7) is 0. The van der Waals surface area contributed by atoms with Gasteiger partial charge in [0.2, 0.25) is 0 Å². The molecule has 88 valence electrons. The van der Waals surface area contributed by atoms with E-state index in [-0.39, 0.29) is 11.6 Å². The average molecular weight is 233 g/mol. The monoisotopic (exact) mass is 233 g/mol. The summed E-state index contributed by atoms with van der Waals surface area (Å²) < 4.78 is 12.7. The standard InChI is InChI=1S/C13H12FNO2/c14-9-3-1-8(2-4-9)13(17)11-6-5-10(16)7-12(11)15/h1-7,13,16-17H,15H2. The Morgan fingerprint density at radius 1 is 1.06 bits per heavy atom. The summed E-state index contributed by atoms with van der Waals surface area (Å²) in [5.41, 5.74) is 7.01. The van der Waals surface area contributed by atoms with E-state index >= 15 is 0 Å². The van der Waals surface area contributed by atoms with Crippen molar-refractivity contribution in [3.05, 3.63) is 59.4 Å². The lowest BCUT2D eigenvalue weighted by molar-refractivity contribution is 0.221. The largest absolute Gasteiger partial charge is 0.508 e. The fourth-order valence-electron chi connectivity index (χ4n) is 1.64. The van der Waals surface area contributed by atoms with Gasteiger partial charge in [0.1, 0.15) is 17.7 Å². The minimum atomic E-state index is -0.934. The third kappa shape index (κ3) is 2.37. The fraction of sp³-hybridized carbons (Fsp3) is 0.0769. The summed E-state index contributed by atoms with van der Waals surface area (Å²) in [4.78, 5) is 0. The molecule has 2 aromatic rings. The molecule has 4 N–H and O–H groups in total. The zero-order chi connectivity index (χ0) is 12.4. The topological polar surface area (TPSA) is 66.5 Å². The quantitative estimate of drug-likeness (QED) is 0.696. The smallest absolute Gasteiger partial charge is 0.123 e. The number of nitrogens with two attached hydrogens (primary N) is 1. The molecule has 0 aliphatic carbocycles. The van der Waals surface area contributed by atoms with Gasteiger partial charge in [0.05, 0.1) is 0 Å². The summed E-state index contributed by atoms with van der Waals surface area (Å²) in [5.74, 6) is -0.322. The number of halogens is 1. The van der Waals surface area contributed by atoms with Crippen molar-refractivity contribution >= 4 is 5.69 Å². The van der Waals surface area contributed by atoms with E-state index in [0.717, 1.165) is 0 Å². The molecule has 0 bridgehead atoms. The second-order valence-electron chi connectivity index (χ2n) is 3.77. The lowest BCUT2D eigenvalue weighted by Gasteiger charge is -2.14. The molecule has 0 amide bonds. The van der Waals surface area contributed by atoms with Gasteiger partial charge in [0.25, 0.3) is 0 Å². The maximum Gasteiger partial charge on any atom is 0.123 e. The Labute approximate surface area is 97.9 Å². The number of aliphatic hydroxyl groups is 1. The number of aromatic hydroxyl groups is 1. The number of aliphatic hydroxyl groups excluding tert-OH is 1. The Morgan fingerprint density at radius 3 is 2.29 bits per heavy atom. The van der Waals surface area contributed by atoms with Crippen molar-refractivity contribution < 1.29 is 14.6 Å². The van der Waals surface area contributed by atoms with Crippen LogP contribution in [0.3, 0.4) is 0 Å². The first kappa shape index (κ1) is 11.4. The molecule has 0 fully saturated rings. The van der Waals surface area contributed by atoms with Gasteiger partial charge in [-0.05, 0) is 23.8 Å². The predicted octanol–water partition coefficient (Wildman–Crippen LogP) is 2.20. The van der Waals surface area contributed by atoms with E-state index < -0.39 is 6.10 Å². The molecule has 0 aliphatic rings. The van der Waals surface area contributed by atoms with E-state index in [1.165, 1.54) is 36.4 Å². The molecule has 0 radical (unpaired) electrons. The number of phenols is 1. The SMILES string of the molecule is Nc1cc(O)ccc1C(O)c1ccc(F)cc1. The molecule has 0 saturated heterocycles. The second-order valence-corrected chi connectivity index (χ2v) is 3.77. The molecular formula is C13H12FNO2. The maximum absolute atomic E-state index is 12.7.